The molecule has 1 atom stereocenters. The molecule has 0 radical (unpaired) electrons. The minimum Gasteiger partial charge on any atom is -0.497 e. The number of nitrogens with one attached hydrogen (secondary N) is 1. The van der Waals surface area contributed by atoms with Crippen LogP contribution in [0.15, 0.2) is 48.5 Å². The average Bonchev–Trinajstić information content (AvgIpc) is 2.67. The molecular formula is C24H36N2O. The van der Waals surface area contributed by atoms with Crippen molar-refractivity contribution >= 4 is 5.69 Å². The van der Waals surface area contributed by atoms with Gasteiger partial charge in [0.1, 0.15) is 5.75 Å². The van der Waals surface area contributed by atoms with Gasteiger partial charge in [0, 0.05) is 26.3 Å². The summed E-state index contributed by atoms with van der Waals surface area (Å²) in [5.41, 5.74) is 4.00. The largest absolute Gasteiger partial charge is 0.497 e. The third-order valence-corrected chi connectivity index (χ3v) is 5.13. The highest BCUT2D eigenvalue weighted by Crippen LogP contribution is 2.28. The van der Waals surface area contributed by atoms with Crippen molar-refractivity contribution in [2.75, 3.05) is 32.6 Å². The standard InChI is InChI=1S/C24H36N2O/c1-19(2)6-9-22(21-10-14-24(27-5)15-11-21)16-17-25-18-20-7-12-23(13-8-20)26(3)4/h7-8,10-15,19,22,25H,6,9,16-18H2,1-5H3. The van der Waals surface area contributed by atoms with E-state index in [0.29, 0.717) is 5.92 Å². The van der Waals surface area contributed by atoms with Crippen molar-refractivity contribution in [1.82, 2.24) is 5.32 Å². The molecule has 0 aliphatic rings. The van der Waals surface area contributed by atoms with Crippen LogP contribution in [0.3, 0.4) is 0 Å². The summed E-state index contributed by atoms with van der Waals surface area (Å²) in [6, 6.07) is 17.4. The van der Waals surface area contributed by atoms with Gasteiger partial charge in [-0.25, -0.2) is 0 Å². The molecule has 0 amide bonds. The summed E-state index contributed by atoms with van der Waals surface area (Å²) >= 11 is 0. The number of hydrogen-bond acceptors (Lipinski definition) is 3. The fourth-order valence-corrected chi connectivity index (χ4v) is 3.31. The first kappa shape index (κ1) is 21.3. The zero-order valence-corrected chi connectivity index (χ0v) is 17.7. The van der Waals surface area contributed by atoms with E-state index >= 15 is 0 Å². The molecule has 1 unspecified atom stereocenters. The minimum absolute atomic E-state index is 0.599. The number of nitrogens with zero attached hydrogens (tertiary/aromatic N) is 1. The van der Waals surface area contributed by atoms with Crippen LogP contribution in [-0.2, 0) is 6.54 Å². The van der Waals surface area contributed by atoms with Gasteiger partial charge in [-0.15, -0.1) is 0 Å². The van der Waals surface area contributed by atoms with E-state index in [2.05, 4.69) is 86.7 Å². The topological polar surface area (TPSA) is 24.5 Å². The molecule has 3 nitrogen and oxygen atoms in total. The second-order valence-corrected chi connectivity index (χ2v) is 7.97. The molecule has 148 valence electrons. The maximum absolute atomic E-state index is 5.30. The fourth-order valence-electron chi connectivity index (χ4n) is 3.31. The van der Waals surface area contributed by atoms with Gasteiger partial charge in [0.05, 0.1) is 7.11 Å². The highest BCUT2D eigenvalue weighted by Gasteiger charge is 2.12. The summed E-state index contributed by atoms with van der Waals surface area (Å²) in [5, 5.41) is 3.62. The molecule has 0 bridgehead atoms. The van der Waals surface area contributed by atoms with Gasteiger partial charge in [0.15, 0.2) is 0 Å². The molecule has 0 spiro atoms. The Balaban J connectivity index is 1.86. The molecule has 0 aromatic heterocycles. The summed E-state index contributed by atoms with van der Waals surface area (Å²) in [6.07, 6.45) is 3.67. The van der Waals surface area contributed by atoms with Crippen molar-refractivity contribution in [2.24, 2.45) is 5.92 Å². The number of anilines is 1. The zero-order valence-electron chi connectivity index (χ0n) is 17.7. The monoisotopic (exact) mass is 368 g/mol. The summed E-state index contributed by atoms with van der Waals surface area (Å²) in [4.78, 5) is 2.13. The van der Waals surface area contributed by atoms with Crippen LogP contribution in [0.5, 0.6) is 5.75 Å². The third-order valence-electron chi connectivity index (χ3n) is 5.13. The van der Waals surface area contributed by atoms with E-state index < -0.39 is 0 Å². The number of rotatable bonds is 11. The minimum atomic E-state index is 0.599. The summed E-state index contributed by atoms with van der Waals surface area (Å²) in [5.74, 6) is 2.27. The molecule has 1 N–H and O–H groups in total. The fraction of sp³-hybridized carbons (Fsp3) is 0.500. The molecule has 0 fully saturated rings. The van der Waals surface area contributed by atoms with Crippen molar-refractivity contribution in [1.29, 1.82) is 0 Å². The van der Waals surface area contributed by atoms with Gasteiger partial charge in [-0.3, -0.25) is 0 Å². The van der Waals surface area contributed by atoms with E-state index in [1.807, 2.05) is 0 Å². The number of ether oxygens (including phenoxy) is 1. The van der Waals surface area contributed by atoms with Crippen molar-refractivity contribution in [3.8, 4) is 5.75 Å². The number of hydrogen-bond donors (Lipinski definition) is 1. The molecular weight excluding hydrogens is 332 g/mol. The van der Waals surface area contributed by atoms with E-state index in [0.717, 1.165) is 31.2 Å². The normalized spacial score (nSPS) is 12.2. The molecule has 0 heterocycles. The number of methoxy groups -OCH3 is 1. The Kier molecular flexibility index (Phi) is 8.66. The maximum atomic E-state index is 5.30. The molecule has 3 heteroatoms. The maximum Gasteiger partial charge on any atom is 0.118 e. The molecule has 0 aliphatic heterocycles. The highest BCUT2D eigenvalue weighted by molar-refractivity contribution is 5.45. The molecule has 0 aliphatic carbocycles. The molecule has 2 rings (SSSR count). The second kappa shape index (κ2) is 11.0. The first-order valence-electron chi connectivity index (χ1n) is 10.1. The van der Waals surface area contributed by atoms with Crippen molar-refractivity contribution < 1.29 is 4.74 Å². The molecule has 2 aromatic rings. The molecule has 2 aromatic carbocycles. The Labute approximate surface area is 165 Å². The van der Waals surface area contributed by atoms with E-state index in [4.69, 9.17) is 4.74 Å². The Hall–Kier alpha value is -2.00. The van der Waals surface area contributed by atoms with Crippen molar-refractivity contribution in [2.45, 2.75) is 45.6 Å². The SMILES string of the molecule is COc1ccc(C(CCNCc2ccc(N(C)C)cc2)CCC(C)C)cc1. The first-order chi connectivity index (χ1) is 13.0. The lowest BCUT2D eigenvalue weighted by atomic mass is 9.88. The van der Waals surface area contributed by atoms with Gasteiger partial charge >= 0.3 is 0 Å². The lowest BCUT2D eigenvalue weighted by Gasteiger charge is -2.19. The molecule has 27 heavy (non-hydrogen) atoms. The van der Waals surface area contributed by atoms with Gasteiger partial charge in [0.2, 0.25) is 0 Å². The zero-order chi connectivity index (χ0) is 19.6. The van der Waals surface area contributed by atoms with Crippen LogP contribution in [0.25, 0.3) is 0 Å². The van der Waals surface area contributed by atoms with Crippen LogP contribution in [-0.4, -0.2) is 27.7 Å². The quantitative estimate of drug-likeness (QED) is 0.533. The highest BCUT2D eigenvalue weighted by atomic mass is 16.5. The molecule has 0 saturated carbocycles. The predicted octanol–water partition coefficient (Wildman–Crippen LogP) is 5.46. The Morgan fingerprint density at radius 2 is 1.56 bits per heavy atom. The van der Waals surface area contributed by atoms with Crippen LogP contribution < -0.4 is 15.0 Å². The summed E-state index contributed by atoms with van der Waals surface area (Å²) < 4.78 is 5.30. The van der Waals surface area contributed by atoms with Gasteiger partial charge in [-0.2, -0.15) is 0 Å². The molecule has 0 saturated heterocycles. The van der Waals surface area contributed by atoms with Crippen LogP contribution in [0.2, 0.25) is 0 Å². The summed E-state index contributed by atoms with van der Waals surface area (Å²) in [6.45, 7) is 6.57. The first-order valence-corrected chi connectivity index (χ1v) is 10.1. The van der Waals surface area contributed by atoms with Gasteiger partial charge in [-0.05, 0) is 66.6 Å². The Morgan fingerprint density at radius 1 is 0.889 bits per heavy atom. The van der Waals surface area contributed by atoms with Crippen molar-refractivity contribution in [3.05, 3.63) is 59.7 Å². The van der Waals surface area contributed by atoms with Crippen molar-refractivity contribution in [3.63, 3.8) is 0 Å². The van der Waals surface area contributed by atoms with E-state index in [1.54, 1.807) is 7.11 Å². The number of benzene rings is 2. The van der Waals surface area contributed by atoms with E-state index in [-0.39, 0.29) is 0 Å². The second-order valence-electron chi connectivity index (χ2n) is 7.97. The van der Waals surface area contributed by atoms with Crippen LogP contribution >= 0.6 is 0 Å². The van der Waals surface area contributed by atoms with Crippen LogP contribution in [0.1, 0.15) is 50.2 Å². The third kappa shape index (κ3) is 7.26. The van der Waals surface area contributed by atoms with E-state index in [1.165, 1.54) is 29.7 Å². The van der Waals surface area contributed by atoms with Crippen LogP contribution in [0, 0.1) is 5.92 Å². The lowest BCUT2D eigenvalue weighted by molar-refractivity contribution is 0.414. The van der Waals surface area contributed by atoms with Gasteiger partial charge < -0.3 is 15.0 Å². The Morgan fingerprint density at radius 3 is 2.11 bits per heavy atom. The Bertz CT molecular complexity index is 647. The predicted molar refractivity (Wildman–Crippen MR) is 117 cm³/mol. The smallest absolute Gasteiger partial charge is 0.118 e. The summed E-state index contributed by atoms with van der Waals surface area (Å²) in [7, 11) is 5.87. The van der Waals surface area contributed by atoms with Gasteiger partial charge in [-0.1, -0.05) is 44.5 Å². The van der Waals surface area contributed by atoms with Crippen LogP contribution in [0.4, 0.5) is 5.69 Å². The van der Waals surface area contributed by atoms with Gasteiger partial charge in [0.25, 0.3) is 0 Å². The van der Waals surface area contributed by atoms with E-state index in [9.17, 15) is 0 Å². The average molecular weight is 369 g/mol. The lowest BCUT2D eigenvalue weighted by Crippen LogP contribution is -2.18.